The fourth-order valence-corrected chi connectivity index (χ4v) is 5.39. The maximum atomic E-state index is 4.93. The zero-order valence-corrected chi connectivity index (χ0v) is 19.3. The Morgan fingerprint density at radius 1 is 0.562 bits per heavy atom. The van der Waals surface area contributed by atoms with E-state index >= 15 is 0 Å². The molecule has 0 atom stereocenters. The minimum Gasteiger partial charge on any atom is -0.208 e. The summed E-state index contributed by atoms with van der Waals surface area (Å²) in [7, 11) is 0. The number of nitrogens with zero attached hydrogens (tertiary/aromatic N) is 3. The van der Waals surface area contributed by atoms with E-state index in [0.29, 0.717) is 17.5 Å². The molecule has 0 aliphatic carbocycles. The van der Waals surface area contributed by atoms with Crippen molar-refractivity contribution < 1.29 is 0 Å². The number of benzene rings is 4. The van der Waals surface area contributed by atoms with Gasteiger partial charge in [0.1, 0.15) is 0 Å². The van der Waals surface area contributed by atoms with Gasteiger partial charge in [-0.05, 0) is 24.3 Å². The SMILES string of the molecule is Brc1ccc2sc3cccc(-c4nc(-c5ccccc5)nc(-c5ccccc5)n4)c3c2c1. The Morgan fingerprint density at radius 3 is 1.84 bits per heavy atom. The molecule has 3 nitrogen and oxygen atoms in total. The summed E-state index contributed by atoms with van der Waals surface area (Å²) >= 11 is 5.42. The second kappa shape index (κ2) is 7.93. The van der Waals surface area contributed by atoms with E-state index in [1.54, 1.807) is 11.3 Å². The molecule has 0 saturated carbocycles. The van der Waals surface area contributed by atoms with Gasteiger partial charge in [-0.15, -0.1) is 11.3 Å². The average molecular weight is 494 g/mol. The maximum absolute atomic E-state index is 4.93. The van der Waals surface area contributed by atoms with Crippen molar-refractivity contribution in [2.24, 2.45) is 0 Å². The van der Waals surface area contributed by atoms with Crippen molar-refractivity contribution in [3.63, 3.8) is 0 Å². The molecular weight excluding hydrogens is 478 g/mol. The molecule has 0 unspecified atom stereocenters. The van der Waals surface area contributed by atoms with Crippen molar-refractivity contribution in [2.45, 2.75) is 0 Å². The highest BCUT2D eigenvalue weighted by Crippen LogP contribution is 2.40. The van der Waals surface area contributed by atoms with Gasteiger partial charge in [0.2, 0.25) is 0 Å². The first-order chi connectivity index (χ1) is 15.8. The normalized spacial score (nSPS) is 11.3. The van der Waals surface area contributed by atoms with E-state index in [2.05, 4.69) is 52.3 Å². The first kappa shape index (κ1) is 19.3. The van der Waals surface area contributed by atoms with E-state index in [-0.39, 0.29) is 0 Å². The zero-order valence-electron chi connectivity index (χ0n) is 16.9. The number of rotatable bonds is 3. The molecule has 6 rings (SSSR count). The molecule has 152 valence electrons. The van der Waals surface area contributed by atoms with Crippen LogP contribution in [0.15, 0.2) is 102 Å². The Morgan fingerprint density at radius 2 is 1.19 bits per heavy atom. The lowest BCUT2D eigenvalue weighted by Crippen LogP contribution is -2.00. The number of aromatic nitrogens is 3. The first-order valence-electron chi connectivity index (χ1n) is 10.2. The van der Waals surface area contributed by atoms with Crippen molar-refractivity contribution in [1.29, 1.82) is 0 Å². The Bertz CT molecular complexity index is 1520. The van der Waals surface area contributed by atoms with Crippen LogP contribution < -0.4 is 0 Å². The summed E-state index contributed by atoms with van der Waals surface area (Å²) in [6.07, 6.45) is 0. The van der Waals surface area contributed by atoms with Crippen LogP contribution >= 0.6 is 27.3 Å². The summed E-state index contributed by atoms with van der Waals surface area (Å²) in [5.74, 6) is 2.03. The lowest BCUT2D eigenvalue weighted by atomic mass is 10.1. The molecule has 0 bridgehead atoms. The van der Waals surface area contributed by atoms with Crippen molar-refractivity contribution >= 4 is 47.4 Å². The molecule has 0 N–H and O–H groups in total. The first-order valence-corrected chi connectivity index (χ1v) is 11.9. The number of thiophene rings is 1. The number of hydrogen-bond donors (Lipinski definition) is 0. The van der Waals surface area contributed by atoms with Crippen LogP contribution in [0.3, 0.4) is 0 Å². The van der Waals surface area contributed by atoms with Gasteiger partial charge >= 0.3 is 0 Å². The second-order valence-corrected chi connectivity index (χ2v) is 9.46. The Kier molecular flexibility index (Phi) is 4.78. The highest BCUT2D eigenvalue weighted by atomic mass is 79.9. The van der Waals surface area contributed by atoms with Crippen molar-refractivity contribution in [3.05, 3.63) is 102 Å². The molecule has 0 radical (unpaired) electrons. The van der Waals surface area contributed by atoms with Crippen LogP contribution in [0, 0.1) is 0 Å². The van der Waals surface area contributed by atoms with Gasteiger partial charge in [0.15, 0.2) is 17.5 Å². The van der Waals surface area contributed by atoms with Gasteiger partial charge < -0.3 is 0 Å². The minimum atomic E-state index is 0.673. The molecule has 32 heavy (non-hydrogen) atoms. The molecular formula is C27H16BrN3S. The third-order valence-electron chi connectivity index (χ3n) is 5.40. The summed E-state index contributed by atoms with van der Waals surface area (Å²) in [4.78, 5) is 14.7. The maximum Gasteiger partial charge on any atom is 0.164 e. The van der Waals surface area contributed by atoms with E-state index in [9.17, 15) is 0 Å². The largest absolute Gasteiger partial charge is 0.208 e. The number of hydrogen-bond acceptors (Lipinski definition) is 4. The quantitative estimate of drug-likeness (QED) is 0.250. The van der Waals surface area contributed by atoms with Crippen LogP contribution in [0.5, 0.6) is 0 Å². The van der Waals surface area contributed by atoms with Gasteiger partial charge in [-0.25, -0.2) is 15.0 Å². The molecule has 4 aromatic carbocycles. The molecule has 0 saturated heterocycles. The molecule has 2 heterocycles. The Hall–Kier alpha value is -3.41. The van der Waals surface area contributed by atoms with Gasteiger partial charge in [0, 0.05) is 41.3 Å². The van der Waals surface area contributed by atoms with Crippen molar-refractivity contribution in [3.8, 4) is 34.2 Å². The molecule has 5 heteroatoms. The fraction of sp³-hybridized carbons (Fsp3) is 0. The standard InChI is InChI=1S/C27H16BrN3S/c28-19-14-15-22-21(16-19)24-20(12-7-13-23(24)32-22)27-30-25(17-8-3-1-4-9-17)29-26(31-27)18-10-5-2-6-11-18/h1-16H. The smallest absolute Gasteiger partial charge is 0.164 e. The van der Waals surface area contributed by atoms with Crippen LogP contribution in [0.25, 0.3) is 54.3 Å². The monoisotopic (exact) mass is 493 g/mol. The molecule has 0 amide bonds. The number of fused-ring (bicyclic) bond motifs is 3. The summed E-state index contributed by atoms with van der Waals surface area (Å²) in [6, 6.07) is 32.9. The second-order valence-electron chi connectivity index (χ2n) is 7.46. The summed E-state index contributed by atoms with van der Waals surface area (Å²) in [5.41, 5.74) is 2.96. The van der Waals surface area contributed by atoms with E-state index in [1.807, 2.05) is 60.7 Å². The topological polar surface area (TPSA) is 38.7 Å². The van der Waals surface area contributed by atoms with Gasteiger partial charge in [0.25, 0.3) is 0 Å². The molecule has 0 fully saturated rings. The molecule has 6 aromatic rings. The fourth-order valence-electron chi connectivity index (χ4n) is 3.91. The average Bonchev–Trinajstić information content (AvgIpc) is 3.23. The van der Waals surface area contributed by atoms with Gasteiger partial charge in [-0.2, -0.15) is 0 Å². The summed E-state index contributed by atoms with van der Waals surface area (Å²) < 4.78 is 3.53. The van der Waals surface area contributed by atoms with E-state index < -0.39 is 0 Å². The van der Waals surface area contributed by atoms with Crippen molar-refractivity contribution in [2.75, 3.05) is 0 Å². The van der Waals surface area contributed by atoms with Crippen LogP contribution in [-0.2, 0) is 0 Å². The molecule has 0 aliphatic heterocycles. The highest BCUT2D eigenvalue weighted by molar-refractivity contribution is 9.10. The van der Waals surface area contributed by atoms with Crippen LogP contribution in [0.1, 0.15) is 0 Å². The van der Waals surface area contributed by atoms with Crippen molar-refractivity contribution in [1.82, 2.24) is 15.0 Å². The van der Waals surface area contributed by atoms with Crippen LogP contribution in [0.2, 0.25) is 0 Å². The predicted octanol–water partition coefficient (Wildman–Crippen LogP) is 8.00. The molecule has 0 spiro atoms. The van der Waals surface area contributed by atoms with E-state index in [0.717, 1.165) is 21.2 Å². The van der Waals surface area contributed by atoms with Gasteiger partial charge in [-0.1, -0.05) is 88.7 Å². The summed E-state index contributed by atoms with van der Waals surface area (Å²) in [5, 5.41) is 2.39. The Balaban J connectivity index is 1.66. The van der Waals surface area contributed by atoms with Gasteiger partial charge in [0.05, 0.1) is 0 Å². The lowest BCUT2D eigenvalue weighted by molar-refractivity contribution is 1.08. The summed E-state index contributed by atoms with van der Waals surface area (Å²) in [6.45, 7) is 0. The van der Waals surface area contributed by atoms with Crippen LogP contribution in [-0.4, -0.2) is 15.0 Å². The third kappa shape index (κ3) is 3.40. The third-order valence-corrected chi connectivity index (χ3v) is 7.03. The number of halogens is 1. The van der Waals surface area contributed by atoms with E-state index in [1.165, 1.54) is 20.2 Å². The zero-order chi connectivity index (χ0) is 21.5. The molecule has 0 aliphatic rings. The van der Waals surface area contributed by atoms with Gasteiger partial charge in [-0.3, -0.25) is 0 Å². The predicted molar refractivity (Wildman–Crippen MR) is 137 cm³/mol. The highest BCUT2D eigenvalue weighted by Gasteiger charge is 2.16. The minimum absolute atomic E-state index is 0.673. The van der Waals surface area contributed by atoms with Crippen LogP contribution in [0.4, 0.5) is 0 Å². The molecule has 2 aromatic heterocycles. The lowest BCUT2D eigenvalue weighted by Gasteiger charge is -2.09. The Labute approximate surface area is 197 Å². The van der Waals surface area contributed by atoms with E-state index in [4.69, 9.17) is 15.0 Å².